The van der Waals surface area contributed by atoms with Gasteiger partial charge in [-0.1, -0.05) is 12.8 Å². The highest BCUT2D eigenvalue weighted by Gasteiger charge is 2.19. The highest BCUT2D eigenvalue weighted by Crippen LogP contribution is 2.22. The van der Waals surface area contributed by atoms with Gasteiger partial charge in [-0.05, 0) is 68.3 Å². The highest BCUT2D eigenvalue weighted by atomic mass is 16.2. The molecule has 0 unspecified atom stereocenters. The third kappa shape index (κ3) is 5.88. The van der Waals surface area contributed by atoms with E-state index in [0.29, 0.717) is 6.54 Å². The first-order valence-electron chi connectivity index (χ1n) is 11.8. The summed E-state index contributed by atoms with van der Waals surface area (Å²) in [5.74, 6) is 0.121. The monoisotopic (exact) mass is 434 g/mol. The first kappa shape index (κ1) is 22.3. The largest absolute Gasteiger partial charge is 0.372 e. The van der Waals surface area contributed by atoms with Crippen molar-refractivity contribution >= 4 is 28.8 Å². The molecule has 0 radical (unpaired) electrons. The van der Waals surface area contributed by atoms with E-state index in [1.54, 1.807) is 6.92 Å². The van der Waals surface area contributed by atoms with Gasteiger partial charge in [0.25, 0.3) is 0 Å². The van der Waals surface area contributed by atoms with Crippen LogP contribution >= 0.6 is 0 Å². The van der Waals surface area contributed by atoms with Gasteiger partial charge in [0.05, 0.1) is 6.54 Å². The van der Waals surface area contributed by atoms with Gasteiger partial charge in [-0.2, -0.15) is 0 Å². The maximum atomic E-state index is 12.6. The minimum absolute atomic E-state index is 0.0341. The highest BCUT2D eigenvalue weighted by molar-refractivity contribution is 5.94. The number of ketones is 1. The molecule has 0 saturated carbocycles. The van der Waals surface area contributed by atoms with E-state index < -0.39 is 0 Å². The zero-order valence-electron chi connectivity index (χ0n) is 19.1. The van der Waals surface area contributed by atoms with Crippen molar-refractivity contribution in [1.29, 1.82) is 0 Å². The van der Waals surface area contributed by atoms with Gasteiger partial charge in [0.15, 0.2) is 5.78 Å². The maximum Gasteiger partial charge on any atom is 0.238 e. The van der Waals surface area contributed by atoms with Gasteiger partial charge in [0, 0.05) is 61.9 Å². The predicted octanol–water partition coefficient (Wildman–Crippen LogP) is 4.03. The smallest absolute Gasteiger partial charge is 0.238 e. The minimum atomic E-state index is 0.0341. The fraction of sp³-hybridized carbons (Fsp3) is 0.462. The fourth-order valence-corrected chi connectivity index (χ4v) is 4.56. The summed E-state index contributed by atoms with van der Waals surface area (Å²) < 4.78 is 0. The van der Waals surface area contributed by atoms with Crippen molar-refractivity contribution in [2.45, 2.75) is 32.6 Å². The molecule has 0 aromatic heterocycles. The molecule has 4 rings (SSSR count). The number of hydrogen-bond donors (Lipinski definition) is 1. The van der Waals surface area contributed by atoms with Crippen LogP contribution in [0.15, 0.2) is 48.5 Å². The van der Waals surface area contributed by atoms with Crippen LogP contribution in [0.5, 0.6) is 0 Å². The normalized spacial score (nSPS) is 17.7. The van der Waals surface area contributed by atoms with E-state index in [1.807, 2.05) is 36.4 Å². The summed E-state index contributed by atoms with van der Waals surface area (Å²) in [7, 11) is 0. The molecule has 32 heavy (non-hydrogen) atoms. The molecule has 2 heterocycles. The Morgan fingerprint density at radius 2 is 1.25 bits per heavy atom. The lowest BCUT2D eigenvalue weighted by Crippen LogP contribution is -2.48. The second kappa shape index (κ2) is 10.6. The molecule has 0 atom stereocenters. The summed E-state index contributed by atoms with van der Waals surface area (Å²) in [6.45, 7) is 7.67. The van der Waals surface area contributed by atoms with E-state index in [9.17, 15) is 9.59 Å². The van der Waals surface area contributed by atoms with Crippen molar-refractivity contribution in [1.82, 2.24) is 4.90 Å². The van der Waals surface area contributed by atoms with Gasteiger partial charge < -0.3 is 15.1 Å². The van der Waals surface area contributed by atoms with Crippen LogP contribution in [-0.4, -0.2) is 62.4 Å². The summed E-state index contributed by atoms with van der Waals surface area (Å²) >= 11 is 0. The Bertz CT molecular complexity index is 894. The Morgan fingerprint density at radius 1 is 0.719 bits per heavy atom. The quantitative estimate of drug-likeness (QED) is 0.696. The standard InChI is InChI=1S/C26H34N4O2/c1-21(31)22-6-10-24(11-7-22)30-18-16-28(17-19-30)20-26(32)27-23-8-12-25(13-9-23)29-14-4-2-3-5-15-29/h6-13H,2-5,14-20H2,1H3,(H,27,32). The Balaban J connectivity index is 1.23. The molecule has 2 saturated heterocycles. The molecule has 2 aromatic rings. The second-order valence-corrected chi connectivity index (χ2v) is 8.86. The van der Waals surface area contributed by atoms with Gasteiger partial charge in [0.1, 0.15) is 0 Å². The molecule has 2 aliphatic heterocycles. The van der Waals surface area contributed by atoms with Crippen LogP contribution in [0.1, 0.15) is 43.0 Å². The summed E-state index contributed by atoms with van der Waals surface area (Å²) in [5.41, 5.74) is 3.97. The van der Waals surface area contributed by atoms with E-state index in [2.05, 4.69) is 32.1 Å². The zero-order chi connectivity index (χ0) is 22.3. The Hall–Kier alpha value is -2.86. The van der Waals surface area contributed by atoms with E-state index >= 15 is 0 Å². The van der Waals surface area contributed by atoms with Crippen molar-refractivity contribution < 1.29 is 9.59 Å². The zero-order valence-corrected chi connectivity index (χ0v) is 19.1. The van der Waals surface area contributed by atoms with Crippen molar-refractivity contribution in [3.63, 3.8) is 0 Å². The summed E-state index contributed by atoms with van der Waals surface area (Å²) in [4.78, 5) is 31.0. The number of Topliss-reactive ketones (excluding diaryl/α,β-unsaturated/α-hetero) is 1. The molecule has 1 N–H and O–H groups in total. The maximum absolute atomic E-state index is 12.6. The van der Waals surface area contributed by atoms with Crippen LogP contribution in [0.2, 0.25) is 0 Å². The Morgan fingerprint density at radius 3 is 1.81 bits per heavy atom. The number of anilines is 3. The summed E-state index contributed by atoms with van der Waals surface area (Å²) in [6.07, 6.45) is 5.17. The van der Waals surface area contributed by atoms with Crippen molar-refractivity contribution in [2.75, 3.05) is 60.9 Å². The van der Waals surface area contributed by atoms with Gasteiger partial charge in [0.2, 0.25) is 5.91 Å². The number of carbonyl (C=O) groups excluding carboxylic acids is 2. The average Bonchev–Trinajstić information content (AvgIpc) is 3.10. The van der Waals surface area contributed by atoms with Crippen LogP contribution in [0.4, 0.5) is 17.1 Å². The molecule has 6 nitrogen and oxygen atoms in total. The number of amides is 1. The molecule has 1 amide bonds. The SMILES string of the molecule is CC(=O)c1ccc(N2CCN(CC(=O)Nc3ccc(N4CCCCCC4)cc3)CC2)cc1. The molecule has 2 fully saturated rings. The van der Waals surface area contributed by atoms with Gasteiger partial charge in [-0.3, -0.25) is 14.5 Å². The number of benzene rings is 2. The van der Waals surface area contributed by atoms with Crippen LogP contribution in [-0.2, 0) is 4.79 Å². The lowest BCUT2D eigenvalue weighted by molar-refractivity contribution is -0.117. The van der Waals surface area contributed by atoms with Crippen LogP contribution in [0, 0.1) is 0 Å². The second-order valence-electron chi connectivity index (χ2n) is 8.86. The number of nitrogens with one attached hydrogen (secondary N) is 1. The summed E-state index contributed by atoms with van der Waals surface area (Å²) in [5, 5.41) is 3.05. The number of rotatable bonds is 6. The average molecular weight is 435 g/mol. The molecule has 170 valence electrons. The molecule has 2 aromatic carbocycles. The van der Waals surface area contributed by atoms with Gasteiger partial charge in [-0.25, -0.2) is 0 Å². The fourth-order valence-electron chi connectivity index (χ4n) is 4.56. The van der Waals surface area contributed by atoms with Crippen molar-refractivity contribution in [2.24, 2.45) is 0 Å². The Labute approximate surface area is 191 Å². The molecule has 0 bridgehead atoms. The van der Waals surface area contributed by atoms with Crippen molar-refractivity contribution in [3.05, 3.63) is 54.1 Å². The third-order valence-corrected chi connectivity index (χ3v) is 6.50. The first-order chi connectivity index (χ1) is 15.6. The Kier molecular flexibility index (Phi) is 7.43. The van der Waals surface area contributed by atoms with Gasteiger partial charge >= 0.3 is 0 Å². The molecule has 2 aliphatic rings. The number of hydrogen-bond acceptors (Lipinski definition) is 5. The molecular formula is C26H34N4O2. The van der Waals surface area contributed by atoms with Crippen LogP contribution < -0.4 is 15.1 Å². The van der Waals surface area contributed by atoms with E-state index in [4.69, 9.17) is 0 Å². The number of nitrogens with zero attached hydrogens (tertiary/aromatic N) is 3. The molecule has 0 aliphatic carbocycles. The predicted molar refractivity (Wildman–Crippen MR) is 131 cm³/mol. The van der Waals surface area contributed by atoms with E-state index in [0.717, 1.165) is 56.2 Å². The topological polar surface area (TPSA) is 55.9 Å². The molecule has 6 heteroatoms. The summed E-state index contributed by atoms with van der Waals surface area (Å²) in [6, 6.07) is 16.1. The van der Waals surface area contributed by atoms with Crippen LogP contribution in [0.3, 0.4) is 0 Å². The number of piperazine rings is 1. The van der Waals surface area contributed by atoms with Gasteiger partial charge in [-0.15, -0.1) is 0 Å². The lowest BCUT2D eigenvalue weighted by Gasteiger charge is -2.35. The first-order valence-corrected chi connectivity index (χ1v) is 11.8. The third-order valence-electron chi connectivity index (χ3n) is 6.50. The van der Waals surface area contributed by atoms with Crippen molar-refractivity contribution in [3.8, 4) is 0 Å². The van der Waals surface area contributed by atoms with Crippen LogP contribution in [0.25, 0.3) is 0 Å². The number of carbonyl (C=O) groups is 2. The molecule has 0 spiro atoms. The van der Waals surface area contributed by atoms with E-state index in [-0.39, 0.29) is 11.7 Å². The minimum Gasteiger partial charge on any atom is -0.372 e. The van der Waals surface area contributed by atoms with E-state index in [1.165, 1.54) is 31.4 Å². The molecular weight excluding hydrogens is 400 g/mol. The lowest BCUT2D eigenvalue weighted by atomic mass is 10.1.